The molecule has 6 heteroatoms. The highest BCUT2D eigenvalue weighted by molar-refractivity contribution is 5.92. The van der Waals surface area contributed by atoms with Gasteiger partial charge in [-0.3, -0.25) is 9.59 Å². The number of amides is 2. The highest BCUT2D eigenvalue weighted by Gasteiger charge is 2.39. The van der Waals surface area contributed by atoms with E-state index in [2.05, 4.69) is 5.32 Å². The lowest BCUT2D eigenvalue weighted by Gasteiger charge is -2.30. The molecule has 114 valence electrons. The monoisotopic (exact) mass is 284 g/mol. The summed E-state index contributed by atoms with van der Waals surface area (Å²) in [6.45, 7) is 7.70. The van der Waals surface area contributed by atoms with Gasteiger partial charge in [0.15, 0.2) is 0 Å². The quantitative estimate of drug-likeness (QED) is 0.806. The van der Waals surface area contributed by atoms with Crippen molar-refractivity contribution < 1.29 is 19.5 Å². The molecule has 1 rings (SSSR count). The van der Waals surface area contributed by atoms with Crippen LogP contribution in [0.3, 0.4) is 0 Å². The Labute approximate surface area is 119 Å². The molecule has 0 bridgehead atoms. The molecule has 2 atom stereocenters. The molecule has 0 aromatic heterocycles. The fraction of sp³-hybridized carbons (Fsp3) is 0.786. The molecule has 20 heavy (non-hydrogen) atoms. The number of carboxylic acid groups (broad SMARTS) is 1. The van der Waals surface area contributed by atoms with Gasteiger partial charge in [-0.05, 0) is 19.3 Å². The van der Waals surface area contributed by atoms with Gasteiger partial charge in [-0.15, -0.1) is 0 Å². The Kier molecular flexibility index (Phi) is 5.14. The zero-order valence-corrected chi connectivity index (χ0v) is 12.6. The van der Waals surface area contributed by atoms with Crippen LogP contribution in [0.25, 0.3) is 0 Å². The molecule has 0 saturated carbocycles. The Morgan fingerprint density at radius 3 is 2.40 bits per heavy atom. The fourth-order valence-electron chi connectivity index (χ4n) is 2.32. The Hall–Kier alpha value is -1.59. The summed E-state index contributed by atoms with van der Waals surface area (Å²) in [5.41, 5.74) is -0.542. The van der Waals surface area contributed by atoms with Crippen LogP contribution in [0.5, 0.6) is 0 Å². The first-order chi connectivity index (χ1) is 9.18. The average Bonchev–Trinajstić information content (AvgIpc) is 2.81. The molecule has 2 amide bonds. The second-order valence-electron chi connectivity index (χ2n) is 6.21. The van der Waals surface area contributed by atoms with Crippen LogP contribution in [0.15, 0.2) is 0 Å². The number of nitrogens with zero attached hydrogens (tertiary/aromatic N) is 1. The normalized spacial score (nSPS) is 20.6. The maximum atomic E-state index is 12.3. The van der Waals surface area contributed by atoms with E-state index in [4.69, 9.17) is 5.11 Å². The molecule has 0 aromatic rings. The topological polar surface area (TPSA) is 86.7 Å². The second-order valence-corrected chi connectivity index (χ2v) is 6.21. The van der Waals surface area contributed by atoms with Crippen molar-refractivity contribution in [3.05, 3.63) is 0 Å². The molecule has 1 saturated heterocycles. The number of hydrogen-bond acceptors (Lipinski definition) is 3. The van der Waals surface area contributed by atoms with E-state index in [1.54, 1.807) is 11.8 Å². The van der Waals surface area contributed by atoms with Crippen LogP contribution in [0.1, 0.15) is 47.0 Å². The summed E-state index contributed by atoms with van der Waals surface area (Å²) in [5.74, 6) is -1.49. The van der Waals surface area contributed by atoms with Crippen LogP contribution in [0, 0.1) is 5.41 Å². The summed E-state index contributed by atoms with van der Waals surface area (Å²) in [6.07, 6.45) is 1.68. The fourth-order valence-corrected chi connectivity index (χ4v) is 2.32. The van der Waals surface area contributed by atoms with Gasteiger partial charge in [0.05, 0.1) is 0 Å². The Morgan fingerprint density at radius 2 is 1.95 bits per heavy atom. The van der Waals surface area contributed by atoms with Crippen LogP contribution in [0.2, 0.25) is 0 Å². The third-order valence-corrected chi connectivity index (χ3v) is 3.48. The minimum absolute atomic E-state index is 0.0708. The molecule has 1 fully saturated rings. The van der Waals surface area contributed by atoms with E-state index in [1.165, 1.54) is 0 Å². The van der Waals surface area contributed by atoms with Crippen LogP contribution >= 0.6 is 0 Å². The maximum absolute atomic E-state index is 12.3. The average molecular weight is 284 g/mol. The van der Waals surface area contributed by atoms with E-state index in [9.17, 15) is 14.4 Å². The summed E-state index contributed by atoms with van der Waals surface area (Å²) in [5, 5.41) is 11.5. The van der Waals surface area contributed by atoms with Gasteiger partial charge >= 0.3 is 5.97 Å². The van der Waals surface area contributed by atoms with Gasteiger partial charge in [0.25, 0.3) is 0 Å². The van der Waals surface area contributed by atoms with Crippen molar-refractivity contribution in [2.24, 2.45) is 5.41 Å². The number of carboxylic acids is 1. The lowest BCUT2D eigenvalue weighted by molar-refractivity contribution is -0.146. The summed E-state index contributed by atoms with van der Waals surface area (Å²) >= 11 is 0. The van der Waals surface area contributed by atoms with Crippen LogP contribution in [0.4, 0.5) is 0 Å². The van der Waals surface area contributed by atoms with Gasteiger partial charge in [0, 0.05) is 12.0 Å². The highest BCUT2D eigenvalue weighted by atomic mass is 16.4. The predicted octanol–water partition coefficient (Wildman–Crippen LogP) is 1.00. The van der Waals surface area contributed by atoms with Crippen molar-refractivity contribution in [2.75, 3.05) is 6.54 Å². The van der Waals surface area contributed by atoms with Crippen molar-refractivity contribution >= 4 is 17.8 Å². The molecular formula is C14H24N2O4. The van der Waals surface area contributed by atoms with Crippen LogP contribution < -0.4 is 5.32 Å². The van der Waals surface area contributed by atoms with Crippen molar-refractivity contribution in [3.63, 3.8) is 0 Å². The van der Waals surface area contributed by atoms with Gasteiger partial charge in [0.1, 0.15) is 12.1 Å². The number of carbonyl (C=O) groups excluding carboxylic acids is 2. The van der Waals surface area contributed by atoms with Gasteiger partial charge < -0.3 is 15.3 Å². The van der Waals surface area contributed by atoms with E-state index in [-0.39, 0.29) is 11.8 Å². The summed E-state index contributed by atoms with van der Waals surface area (Å²) in [6, 6.07) is -1.44. The van der Waals surface area contributed by atoms with E-state index < -0.39 is 23.5 Å². The lowest BCUT2D eigenvalue weighted by atomic mass is 9.94. The Bertz CT molecular complexity index is 400. The molecule has 2 N–H and O–H groups in total. The Balaban J connectivity index is 2.77. The third kappa shape index (κ3) is 3.71. The maximum Gasteiger partial charge on any atom is 0.326 e. The van der Waals surface area contributed by atoms with Crippen LogP contribution in [-0.4, -0.2) is 46.4 Å². The van der Waals surface area contributed by atoms with Crippen molar-refractivity contribution in [2.45, 2.75) is 59.0 Å². The van der Waals surface area contributed by atoms with Gasteiger partial charge in [-0.2, -0.15) is 0 Å². The number of aliphatic carboxylic acids is 1. The molecule has 0 aromatic carbocycles. The molecule has 0 aliphatic carbocycles. The predicted molar refractivity (Wildman–Crippen MR) is 74.0 cm³/mol. The minimum Gasteiger partial charge on any atom is -0.480 e. The van der Waals surface area contributed by atoms with E-state index >= 15 is 0 Å². The molecule has 0 radical (unpaired) electrons. The van der Waals surface area contributed by atoms with E-state index in [0.29, 0.717) is 19.4 Å². The number of hydrogen-bond donors (Lipinski definition) is 2. The standard InChI is InChI=1S/C14H24N2O4/c1-5-9(12(18)19)15-11(17)10-7-6-8-16(10)13(20)14(2,3)4/h9-10H,5-8H2,1-4H3,(H,15,17)(H,18,19)/t9-,10?/m1/s1. The number of likely N-dealkylation sites (tertiary alicyclic amines) is 1. The highest BCUT2D eigenvalue weighted by Crippen LogP contribution is 2.25. The van der Waals surface area contributed by atoms with Gasteiger partial charge in [-0.25, -0.2) is 4.79 Å². The summed E-state index contributed by atoms with van der Waals surface area (Å²) < 4.78 is 0. The van der Waals surface area contributed by atoms with E-state index in [0.717, 1.165) is 6.42 Å². The number of nitrogens with one attached hydrogen (secondary N) is 1. The zero-order valence-electron chi connectivity index (χ0n) is 12.6. The largest absolute Gasteiger partial charge is 0.480 e. The first kappa shape index (κ1) is 16.5. The molecule has 0 spiro atoms. The number of rotatable bonds is 4. The smallest absolute Gasteiger partial charge is 0.326 e. The first-order valence-electron chi connectivity index (χ1n) is 7.02. The zero-order chi connectivity index (χ0) is 15.5. The van der Waals surface area contributed by atoms with Gasteiger partial charge in [-0.1, -0.05) is 27.7 Å². The molecule has 1 heterocycles. The summed E-state index contributed by atoms with van der Waals surface area (Å²) in [4.78, 5) is 37.0. The molecule has 1 unspecified atom stereocenters. The van der Waals surface area contributed by atoms with Crippen LogP contribution in [-0.2, 0) is 14.4 Å². The third-order valence-electron chi connectivity index (χ3n) is 3.48. The van der Waals surface area contributed by atoms with Gasteiger partial charge in [0.2, 0.25) is 11.8 Å². The second kappa shape index (κ2) is 6.24. The lowest BCUT2D eigenvalue weighted by Crippen LogP contribution is -2.52. The van der Waals surface area contributed by atoms with Crippen molar-refractivity contribution in [3.8, 4) is 0 Å². The Morgan fingerprint density at radius 1 is 1.35 bits per heavy atom. The number of carbonyl (C=O) groups is 3. The molecule has 6 nitrogen and oxygen atoms in total. The molecule has 1 aliphatic heterocycles. The molecular weight excluding hydrogens is 260 g/mol. The van der Waals surface area contributed by atoms with Crippen molar-refractivity contribution in [1.82, 2.24) is 10.2 Å². The molecule has 1 aliphatic rings. The van der Waals surface area contributed by atoms with E-state index in [1.807, 2.05) is 20.8 Å². The SMILES string of the molecule is CC[C@@H](NC(=O)C1CCCN1C(=O)C(C)(C)C)C(=O)O. The summed E-state index contributed by atoms with van der Waals surface area (Å²) in [7, 11) is 0. The first-order valence-corrected chi connectivity index (χ1v) is 7.02. The van der Waals surface area contributed by atoms with Crippen molar-refractivity contribution in [1.29, 1.82) is 0 Å². The minimum atomic E-state index is -1.05.